The molecule has 1 fully saturated rings. The van der Waals surface area contributed by atoms with Crippen LogP contribution < -0.4 is 4.90 Å². The lowest BCUT2D eigenvalue weighted by Gasteiger charge is -2.33. The second-order valence-corrected chi connectivity index (χ2v) is 9.25. The fraction of sp³-hybridized carbons (Fsp3) is 0.286. The summed E-state index contributed by atoms with van der Waals surface area (Å²) in [6, 6.07) is 12.0. The zero-order valence-electron chi connectivity index (χ0n) is 20.0. The van der Waals surface area contributed by atoms with Crippen LogP contribution in [0.1, 0.15) is 59.5 Å². The van der Waals surface area contributed by atoms with Crippen molar-refractivity contribution in [1.29, 1.82) is 0 Å². The third-order valence-electron chi connectivity index (χ3n) is 7.07. The third-order valence-corrected chi connectivity index (χ3v) is 7.07. The molecule has 0 aromatic heterocycles. The summed E-state index contributed by atoms with van der Waals surface area (Å²) >= 11 is 0. The summed E-state index contributed by atoms with van der Waals surface area (Å²) in [6.45, 7) is 5.25. The Morgan fingerprint density at radius 2 is 1.42 bits per heavy atom. The number of anilines is 1. The molecule has 8 nitrogen and oxygen atoms in total. The van der Waals surface area contributed by atoms with Gasteiger partial charge in [-0.05, 0) is 48.7 Å². The average molecular weight is 485 g/mol. The van der Waals surface area contributed by atoms with Crippen LogP contribution >= 0.6 is 0 Å². The molecule has 182 valence electrons. The standard InChI is InChI=1S/C28H24N2O6/c1-3-16-6-4-5-15(2)24(16)30-27(33)20-9-7-18-22-19(8-10-21(23(20)22)28(30)34)26(32)29(25(18)31)11-12-35-13-17-14-36-17/h4-10,17H,3,11-14H2,1-2H3. The van der Waals surface area contributed by atoms with E-state index in [9.17, 15) is 19.2 Å². The van der Waals surface area contributed by atoms with Gasteiger partial charge in [-0.15, -0.1) is 0 Å². The zero-order valence-corrected chi connectivity index (χ0v) is 20.0. The Kier molecular flexibility index (Phi) is 5.24. The van der Waals surface area contributed by atoms with E-state index in [1.807, 2.05) is 32.0 Å². The van der Waals surface area contributed by atoms with E-state index in [1.165, 1.54) is 4.90 Å². The van der Waals surface area contributed by atoms with Crippen molar-refractivity contribution >= 4 is 40.1 Å². The SMILES string of the molecule is CCc1cccc(C)c1N1C(=O)c2ccc3c4c(ccc(c24)C1=O)C(=O)N(CCOCC1CO1)C3=O. The number of imide groups is 2. The van der Waals surface area contributed by atoms with Crippen LogP contribution in [0.4, 0.5) is 5.69 Å². The van der Waals surface area contributed by atoms with E-state index in [1.54, 1.807) is 24.3 Å². The van der Waals surface area contributed by atoms with Gasteiger partial charge in [-0.25, -0.2) is 4.90 Å². The first-order chi connectivity index (χ1) is 17.4. The molecule has 4 amide bonds. The van der Waals surface area contributed by atoms with Crippen molar-refractivity contribution in [3.05, 3.63) is 75.8 Å². The lowest BCUT2D eigenvalue weighted by Crippen LogP contribution is -2.44. The molecular formula is C28H24N2O6. The summed E-state index contributed by atoms with van der Waals surface area (Å²) in [5.74, 6) is -1.84. The highest BCUT2D eigenvalue weighted by Crippen LogP contribution is 2.40. The van der Waals surface area contributed by atoms with Crippen LogP contribution in [0.2, 0.25) is 0 Å². The van der Waals surface area contributed by atoms with Crippen LogP contribution in [0.15, 0.2) is 42.5 Å². The molecule has 0 radical (unpaired) electrons. The van der Waals surface area contributed by atoms with Crippen molar-refractivity contribution < 1.29 is 28.7 Å². The molecule has 3 aliphatic rings. The van der Waals surface area contributed by atoms with Gasteiger partial charge in [0.1, 0.15) is 6.10 Å². The fourth-order valence-electron chi connectivity index (χ4n) is 5.19. The molecule has 3 aliphatic heterocycles. The molecule has 3 heterocycles. The molecule has 1 atom stereocenters. The Hall–Kier alpha value is -3.88. The predicted molar refractivity (Wildman–Crippen MR) is 132 cm³/mol. The first kappa shape index (κ1) is 22.6. The minimum Gasteiger partial charge on any atom is -0.377 e. The van der Waals surface area contributed by atoms with Crippen molar-refractivity contribution in [3.63, 3.8) is 0 Å². The Labute approximate surface area is 207 Å². The quantitative estimate of drug-likeness (QED) is 0.289. The number of hydrogen-bond acceptors (Lipinski definition) is 6. The van der Waals surface area contributed by atoms with Crippen molar-refractivity contribution in [2.75, 3.05) is 31.3 Å². The molecule has 3 aromatic carbocycles. The Bertz CT molecular complexity index is 1420. The number of carbonyl (C=O) groups is 4. The summed E-state index contributed by atoms with van der Waals surface area (Å²) in [4.78, 5) is 56.4. The first-order valence-electron chi connectivity index (χ1n) is 12.0. The molecule has 0 saturated carbocycles. The number of ether oxygens (including phenoxy) is 2. The number of carbonyl (C=O) groups excluding carboxylic acids is 4. The normalized spacial score (nSPS) is 18.4. The molecular weight excluding hydrogens is 460 g/mol. The van der Waals surface area contributed by atoms with Crippen molar-refractivity contribution in [3.8, 4) is 0 Å². The van der Waals surface area contributed by atoms with Crippen molar-refractivity contribution in [2.24, 2.45) is 0 Å². The lowest BCUT2D eigenvalue weighted by atomic mass is 9.85. The maximum Gasteiger partial charge on any atom is 0.266 e. The van der Waals surface area contributed by atoms with Crippen molar-refractivity contribution in [1.82, 2.24) is 4.90 Å². The lowest BCUT2D eigenvalue weighted by molar-refractivity contribution is 0.0507. The second kappa shape index (κ2) is 8.36. The molecule has 3 aromatic rings. The molecule has 8 heteroatoms. The number of epoxide rings is 1. The topological polar surface area (TPSA) is 96.5 Å². The maximum atomic E-state index is 13.7. The minimum absolute atomic E-state index is 0.0948. The average Bonchev–Trinajstić information content (AvgIpc) is 3.70. The van der Waals surface area contributed by atoms with Gasteiger partial charge in [0, 0.05) is 33.0 Å². The molecule has 0 aliphatic carbocycles. The van der Waals surface area contributed by atoms with Crippen LogP contribution in [-0.4, -0.2) is 61.0 Å². The number of nitrogens with zero attached hydrogens (tertiary/aromatic N) is 2. The summed E-state index contributed by atoms with van der Waals surface area (Å²) in [7, 11) is 0. The molecule has 0 spiro atoms. The van der Waals surface area contributed by atoms with Gasteiger partial charge in [-0.2, -0.15) is 0 Å². The largest absolute Gasteiger partial charge is 0.377 e. The van der Waals surface area contributed by atoms with Crippen LogP contribution in [0.3, 0.4) is 0 Å². The van der Waals surface area contributed by atoms with Gasteiger partial charge in [0.25, 0.3) is 23.6 Å². The first-order valence-corrected chi connectivity index (χ1v) is 12.0. The summed E-state index contributed by atoms with van der Waals surface area (Å²) < 4.78 is 10.6. The molecule has 1 saturated heterocycles. The number of amides is 4. The number of hydrogen-bond donors (Lipinski definition) is 0. The Morgan fingerprint density at radius 3 is 1.94 bits per heavy atom. The molecule has 1 unspecified atom stereocenters. The highest BCUT2D eigenvalue weighted by atomic mass is 16.6. The van der Waals surface area contributed by atoms with E-state index < -0.39 is 23.6 Å². The maximum absolute atomic E-state index is 13.7. The molecule has 0 N–H and O–H groups in total. The number of para-hydroxylation sites is 1. The smallest absolute Gasteiger partial charge is 0.266 e. The molecule has 36 heavy (non-hydrogen) atoms. The number of aryl methyl sites for hydroxylation is 2. The summed E-state index contributed by atoms with van der Waals surface area (Å²) in [5, 5.41) is 0.733. The van der Waals surface area contributed by atoms with Crippen LogP contribution in [-0.2, 0) is 15.9 Å². The van der Waals surface area contributed by atoms with E-state index in [-0.39, 0.29) is 19.3 Å². The van der Waals surface area contributed by atoms with E-state index in [0.717, 1.165) is 16.0 Å². The number of rotatable bonds is 7. The molecule has 6 rings (SSSR count). The Balaban J connectivity index is 1.43. The second-order valence-electron chi connectivity index (χ2n) is 9.25. The van der Waals surface area contributed by atoms with Gasteiger partial charge in [0.15, 0.2) is 0 Å². The van der Waals surface area contributed by atoms with Gasteiger partial charge < -0.3 is 9.47 Å². The molecule has 0 bridgehead atoms. The van der Waals surface area contributed by atoms with E-state index in [4.69, 9.17) is 9.47 Å². The number of benzene rings is 3. The Morgan fingerprint density at radius 1 is 0.861 bits per heavy atom. The van der Waals surface area contributed by atoms with Crippen molar-refractivity contribution in [2.45, 2.75) is 26.4 Å². The van der Waals surface area contributed by atoms with Gasteiger partial charge in [0.05, 0.1) is 32.1 Å². The minimum atomic E-state index is -0.461. The highest BCUT2D eigenvalue weighted by molar-refractivity contribution is 6.39. The van der Waals surface area contributed by atoms with Crippen LogP contribution in [0.5, 0.6) is 0 Å². The van der Waals surface area contributed by atoms with Crippen LogP contribution in [0.25, 0.3) is 10.8 Å². The predicted octanol–water partition coefficient (Wildman–Crippen LogP) is 3.52. The fourth-order valence-corrected chi connectivity index (χ4v) is 5.19. The van der Waals surface area contributed by atoms with Gasteiger partial charge in [-0.3, -0.25) is 24.1 Å². The van der Waals surface area contributed by atoms with E-state index >= 15 is 0 Å². The highest BCUT2D eigenvalue weighted by Gasteiger charge is 2.40. The van der Waals surface area contributed by atoms with Crippen LogP contribution in [0, 0.1) is 6.92 Å². The van der Waals surface area contributed by atoms with Gasteiger partial charge in [0.2, 0.25) is 0 Å². The monoisotopic (exact) mass is 484 g/mol. The summed E-state index contributed by atoms with van der Waals surface area (Å²) in [6.07, 6.45) is 0.752. The van der Waals surface area contributed by atoms with Gasteiger partial charge in [-0.1, -0.05) is 25.1 Å². The third kappa shape index (κ3) is 3.29. The summed E-state index contributed by atoms with van der Waals surface area (Å²) in [5.41, 5.74) is 3.51. The van der Waals surface area contributed by atoms with E-state index in [0.29, 0.717) is 58.3 Å². The van der Waals surface area contributed by atoms with E-state index in [2.05, 4.69) is 0 Å². The zero-order chi connectivity index (χ0) is 25.1. The van der Waals surface area contributed by atoms with Gasteiger partial charge >= 0.3 is 0 Å².